The van der Waals surface area contributed by atoms with E-state index in [9.17, 15) is 0 Å². The number of nitrogens with one attached hydrogen (secondary N) is 1. The highest BCUT2D eigenvalue weighted by molar-refractivity contribution is 6.17. The van der Waals surface area contributed by atoms with E-state index in [0.717, 1.165) is 28.6 Å². The molecule has 0 aliphatic carbocycles. The minimum Gasteiger partial charge on any atom is -0.342 e. The first-order chi connectivity index (χ1) is 11.8. The molecule has 0 bridgehead atoms. The molecule has 0 aliphatic rings. The fourth-order valence-corrected chi connectivity index (χ4v) is 3.12. The van der Waals surface area contributed by atoms with Crippen LogP contribution in [0.1, 0.15) is 16.7 Å². The Kier molecular flexibility index (Phi) is 3.72. The third-order valence-electron chi connectivity index (χ3n) is 4.32. The molecule has 24 heavy (non-hydrogen) atoms. The second kappa shape index (κ2) is 6.17. The van der Waals surface area contributed by atoms with E-state index >= 15 is 0 Å². The highest BCUT2D eigenvalue weighted by Gasteiger charge is 2.13. The number of hydrogen-bond acceptors (Lipinski definition) is 1. The molecule has 0 saturated heterocycles. The summed E-state index contributed by atoms with van der Waals surface area (Å²) in [4.78, 5) is 0. The number of para-hydroxylation sites is 1. The van der Waals surface area contributed by atoms with E-state index in [1.54, 1.807) is 0 Å². The summed E-state index contributed by atoms with van der Waals surface area (Å²) in [7, 11) is 0. The molecule has 0 amide bonds. The smallest absolute Gasteiger partial charge is 0.0706 e. The first kappa shape index (κ1) is 14.5. The number of benzene rings is 3. The molecule has 4 aromatic rings. The molecule has 3 aromatic carbocycles. The number of nitrogens with zero attached hydrogens (tertiary/aromatic N) is 1. The van der Waals surface area contributed by atoms with Gasteiger partial charge in [0.1, 0.15) is 0 Å². The Balaban J connectivity index is 1.81. The highest BCUT2D eigenvalue weighted by Crippen LogP contribution is 2.24. The van der Waals surface area contributed by atoms with Gasteiger partial charge >= 0.3 is 0 Å². The second-order valence-electron chi connectivity index (χ2n) is 5.91. The lowest BCUT2D eigenvalue weighted by Gasteiger charge is -2.05. The molecule has 1 N–H and O–H groups in total. The lowest BCUT2D eigenvalue weighted by atomic mass is 10.0. The molecule has 0 saturated carbocycles. The van der Waals surface area contributed by atoms with Crippen LogP contribution < -0.4 is 0 Å². The molecule has 0 radical (unpaired) electrons. The summed E-state index contributed by atoms with van der Waals surface area (Å²) >= 11 is 0. The summed E-state index contributed by atoms with van der Waals surface area (Å²) in [6, 6.07) is 28.7. The van der Waals surface area contributed by atoms with E-state index in [4.69, 9.17) is 5.41 Å². The van der Waals surface area contributed by atoms with Crippen LogP contribution >= 0.6 is 0 Å². The fourth-order valence-electron chi connectivity index (χ4n) is 3.12. The predicted octanol–water partition coefficient (Wildman–Crippen LogP) is 5.11. The second-order valence-corrected chi connectivity index (χ2v) is 5.91. The quantitative estimate of drug-likeness (QED) is 0.508. The van der Waals surface area contributed by atoms with E-state index in [1.807, 2.05) is 42.5 Å². The normalized spacial score (nSPS) is 10.8. The molecular weight excluding hydrogens is 292 g/mol. The van der Waals surface area contributed by atoms with Gasteiger partial charge in [0, 0.05) is 34.8 Å². The Bertz CT molecular complexity index is 982. The molecule has 116 valence electrons. The minimum atomic E-state index is 0.568. The number of fused-ring (bicyclic) bond motifs is 1. The Morgan fingerprint density at radius 1 is 0.750 bits per heavy atom. The Morgan fingerprint density at radius 3 is 2.12 bits per heavy atom. The van der Waals surface area contributed by atoms with Crippen molar-refractivity contribution >= 4 is 16.6 Å². The van der Waals surface area contributed by atoms with E-state index in [-0.39, 0.29) is 0 Å². The van der Waals surface area contributed by atoms with Gasteiger partial charge in [0.15, 0.2) is 0 Å². The Hall–Kier alpha value is -3.13. The third kappa shape index (κ3) is 2.63. The summed E-state index contributed by atoms with van der Waals surface area (Å²) in [5.74, 6) is 0. The predicted molar refractivity (Wildman–Crippen MR) is 99.9 cm³/mol. The molecule has 1 heterocycles. The van der Waals surface area contributed by atoms with Crippen LogP contribution in [-0.2, 0) is 6.54 Å². The van der Waals surface area contributed by atoms with Crippen LogP contribution in [0, 0.1) is 5.41 Å². The molecular formula is C22H18N2. The summed E-state index contributed by atoms with van der Waals surface area (Å²) in [6.07, 6.45) is 2.10. The monoisotopic (exact) mass is 310 g/mol. The molecule has 2 heteroatoms. The maximum Gasteiger partial charge on any atom is 0.0706 e. The van der Waals surface area contributed by atoms with Gasteiger partial charge in [-0.15, -0.1) is 0 Å². The average Bonchev–Trinajstić information content (AvgIpc) is 3.01. The topological polar surface area (TPSA) is 28.8 Å². The number of rotatable bonds is 4. The maximum absolute atomic E-state index is 8.63. The summed E-state index contributed by atoms with van der Waals surface area (Å²) in [5, 5.41) is 9.76. The van der Waals surface area contributed by atoms with Crippen LogP contribution in [0.4, 0.5) is 0 Å². The Morgan fingerprint density at radius 2 is 1.38 bits per heavy atom. The van der Waals surface area contributed by atoms with Crippen molar-refractivity contribution in [2.45, 2.75) is 6.54 Å². The number of aromatic nitrogens is 1. The average molecular weight is 310 g/mol. The van der Waals surface area contributed by atoms with Crippen molar-refractivity contribution in [3.05, 3.63) is 108 Å². The van der Waals surface area contributed by atoms with Crippen molar-refractivity contribution in [2.24, 2.45) is 0 Å². The molecule has 0 unspecified atom stereocenters. The Labute approximate surface area is 141 Å². The van der Waals surface area contributed by atoms with Gasteiger partial charge in [-0.3, -0.25) is 5.41 Å². The van der Waals surface area contributed by atoms with Crippen LogP contribution in [0.5, 0.6) is 0 Å². The highest BCUT2D eigenvalue weighted by atomic mass is 15.0. The first-order valence-electron chi connectivity index (χ1n) is 8.09. The number of hydrogen-bond donors (Lipinski definition) is 1. The van der Waals surface area contributed by atoms with Crippen LogP contribution in [0.15, 0.2) is 91.1 Å². The van der Waals surface area contributed by atoms with Crippen LogP contribution in [0.25, 0.3) is 10.9 Å². The summed E-state index contributed by atoms with van der Waals surface area (Å²) < 4.78 is 2.23. The van der Waals surface area contributed by atoms with Gasteiger partial charge in [0.05, 0.1) is 5.71 Å². The molecule has 2 nitrogen and oxygen atoms in total. The summed E-state index contributed by atoms with van der Waals surface area (Å²) in [5.41, 5.74) is 4.92. The van der Waals surface area contributed by atoms with Gasteiger partial charge in [-0.2, -0.15) is 0 Å². The fraction of sp³-hybridized carbons (Fsp3) is 0.0455. The molecule has 0 atom stereocenters. The molecule has 4 rings (SSSR count). The van der Waals surface area contributed by atoms with Crippen molar-refractivity contribution in [1.82, 2.24) is 4.57 Å². The van der Waals surface area contributed by atoms with Gasteiger partial charge in [0.2, 0.25) is 0 Å². The van der Waals surface area contributed by atoms with E-state index in [0.29, 0.717) is 5.71 Å². The third-order valence-corrected chi connectivity index (χ3v) is 4.32. The van der Waals surface area contributed by atoms with Gasteiger partial charge in [0.25, 0.3) is 0 Å². The zero-order valence-corrected chi connectivity index (χ0v) is 13.3. The van der Waals surface area contributed by atoms with Gasteiger partial charge < -0.3 is 4.57 Å². The van der Waals surface area contributed by atoms with E-state index in [2.05, 4.69) is 53.2 Å². The van der Waals surface area contributed by atoms with Crippen molar-refractivity contribution in [1.29, 1.82) is 5.41 Å². The molecule has 1 aromatic heterocycles. The first-order valence-corrected chi connectivity index (χ1v) is 8.09. The minimum absolute atomic E-state index is 0.568. The van der Waals surface area contributed by atoms with Crippen molar-refractivity contribution in [2.75, 3.05) is 0 Å². The molecule has 0 aliphatic heterocycles. The summed E-state index contributed by atoms with van der Waals surface area (Å²) in [6.45, 7) is 0.809. The van der Waals surface area contributed by atoms with Gasteiger partial charge in [-0.05, 0) is 11.6 Å². The van der Waals surface area contributed by atoms with Crippen molar-refractivity contribution < 1.29 is 0 Å². The molecule has 0 fully saturated rings. The van der Waals surface area contributed by atoms with Crippen LogP contribution in [0.2, 0.25) is 0 Å². The lowest BCUT2D eigenvalue weighted by Crippen LogP contribution is -2.01. The van der Waals surface area contributed by atoms with Crippen molar-refractivity contribution in [3.8, 4) is 0 Å². The zero-order chi connectivity index (χ0) is 16.4. The molecule has 0 spiro atoms. The van der Waals surface area contributed by atoms with E-state index < -0.39 is 0 Å². The largest absolute Gasteiger partial charge is 0.342 e. The van der Waals surface area contributed by atoms with Crippen LogP contribution in [0.3, 0.4) is 0 Å². The lowest BCUT2D eigenvalue weighted by molar-refractivity contribution is 0.836. The van der Waals surface area contributed by atoms with Gasteiger partial charge in [-0.25, -0.2) is 0 Å². The zero-order valence-electron chi connectivity index (χ0n) is 13.3. The SMILES string of the molecule is N=C(c1ccccc1)c1cn(Cc2ccccc2)c2ccccc12. The van der Waals surface area contributed by atoms with Crippen molar-refractivity contribution in [3.63, 3.8) is 0 Å². The standard InChI is InChI=1S/C22H18N2/c23-22(18-11-5-2-6-12-18)20-16-24(15-17-9-3-1-4-10-17)21-14-8-7-13-19(20)21/h1-14,16,23H,15H2. The van der Waals surface area contributed by atoms with Crippen LogP contribution in [-0.4, -0.2) is 10.3 Å². The van der Waals surface area contributed by atoms with E-state index in [1.165, 1.54) is 5.56 Å². The van der Waals surface area contributed by atoms with Gasteiger partial charge in [-0.1, -0.05) is 78.9 Å². The maximum atomic E-state index is 8.63.